The first-order valence-corrected chi connectivity index (χ1v) is 7.26. The maximum atomic E-state index is 13.3. The summed E-state index contributed by atoms with van der Waals surface area (Å²) in [7, 11) is 1.58. The van der Waals surface area contributed by atoms with Crippen LogP contribution in [0.15, 0.2) is 22.3 Å². The maximum Gasteiger partial charge on any atom is 0.436 e. The van der Waals surface area contributed by atoms with E-state index < -0.39 is 28.5 Å². The van der Waals surface area contributed by atoms with Crippen molar-refractivity contribution >= 4 is 22.8 Å². The molecule has 0 aliphatic heterocycles. The van der Waals surface area contributed by atoms with Gasteiger partial charge in [0, 0.05) is 19.2 Å². The molecule has 11 heteroatoms. The predicted octanol–water partition coefficient (Wildman–Crippen LogP) is 3.51. The minimum atomic E-state index is -4.82. The van der Waals surface area contributed by atoms with Crippen LogP contribution in [-0.2, 0) is 13.2 Å². The first kappa shape index (κ1) is 16.6. The van der Waals surface area contributed by atoms with Crippen molar-refractivity contribution in [3.8, 4) is 0 Å². The summed E-state index contributed by atoms with van der Waals surface area (Å²) in [6.07, 6.45) is -4.82. The van der Waals surface area contributed by atoms with Crippen LogP contribution in [0.1, 0.15) is 11.5 Å². The van der Waals surface area contributed by atoms with Gasteiger partial charge in [-0.1, -0.05) is 0 Å². The highest BCUT2D eigenvalue weighted by atomic mass is 32.2. The van der Waals surface area contributed by atoms with Crippen LogP contribution in [0.5, 0.6) is 0 Å². The fraction of sp³-hybridized carbons (Fsp3) is 0.231. The van der Waals surface area contributed by atoms with Crippen LogP contribution < -0.4 is 0 Å². The van der Waals surface area contributed by atoms with E-state index in [1.807, 2.05) is 0 Å². The number of aryl methyl sites for hydroxylation is 1. The Morgan fingerprint density at radius 2 is 1.58 bits per heavy atom. The molecule has 0 fully saturated rings. The lowest BCUT2D eigenvalue weighted by Gasteiger charge is -2.11. The van der Waals surface area contributed by atoms with Gasteiger partial charge in [0.25, 0.3) is 0 Å². The standard InChI is InChI=1S/C13H8F5N5S/c1-5-21-22-12(23(5)2)24-11-10(13(16,17)18)19-8-3-6(14)7(15)4-9(8)20-11/h3-4H,1-2H3. The molecule has 0 saturated heterocycles. The van der Waals surface area contributed by atoms with Gasteiger partial charge in [0.15, 0.2) is 22.5 Å². The Hall–Kier alpha value is -2.30. The largest absolute Gasteiger partial charge is 0.436 e. The van der Waals surface area contributed by atoms with Crippen LogP contribution in [0, 0.1) is 18.6 Å². The number of benzene rings is 1. The van der Waals surface area contributed by atoms with E-state index in [1.165, 1.54) is 4.57 Å². The third kappa shape index (κ3) is 2.90. The molecule has 0 saturated carbocycles. The maximum absolute atomic E-state index is 13.3. The smallest absolute Gasteiger partial charge is 0.309 e. The van der Waals surface area contributed by atoms with E-state index in [9.17, 15) is 22.0 Å². The Kier molecular flexibility index (Phi) is 3.90. The molecule has 0 N–H and O–H groups in total. The van der Waals surface area contributed by atoms with Gasteiger partial charge in [-0.3, -0.25) is 0 Å². The van der Waals surface area contributed by atoms with Gasteiger partial charge in [-0.25, -0.2) is 18.7 Å². The highest BCUT2D eigenvalue weighted by Crippen LogP contribution is 2.37. The molecule has 0 bridgehead atoms. The van der Waals surface area contributed by atoms with Gasteiger partial charge in [0.05, 0.1) is 11.0 Å². The number of rotatable bonds is 2. The van der Waals surface area contributed by atoms with E-state index in [1.54, 1.807) is 14.0 Å². The third-order valence-corrected chi connectivity index (χ3v) is 4.20. The van der Waals surface area contributed by atoms with Crippen LogP contribution in [0.2, 0.25) is 0 Å². The van der Waals surface area contributed by atoms with Crippen LogP contribution in [0.3, 0.4) is 0 Å². The fourth-order valence-electron chi connectivity index (χ4n) is 1.85. The Labute approximate surface area is 135 Å². The molecule has 0 aliphatic rings. The van der Waals surface area contributed by atoms with Crippen LogP contribution in [-0.4, -0.2) is 24.7 Å². The number of hydrogen-bond donors (Lipinski definition) is 0. The van der Waals surface area contributed by atoms with Gasteiger partial charge in [-0.05, 0) is 18.7 Å². The molecule has 24 heavy (non-hydrogen) atoms. The second-order valence-electron chi connectivity index (χ2n) is 4.82. The molecule has 3 aromatic rings. The molecular formula is C13H8F5N5S. The molecule has 0 radical (unpaired) electrons. The molecule has 0 spiro atoms. The lowest BCUT2D eigenvalue weighted by Crippen LogP contribution is -2.12. The second kappa shape index (κ2) is 5.65. The summed E-state index contributed by atoms with van der Waals surface area (Å²) in [5, 5.41) is 7.14. The Balaban J connectivity index is 2.20. The number of nitrogens with zero attached hydrogens (tertiary/aromatic N) is 5. The van der Waals surface area contributed by atoms with Crippen LogP contribution in [0.4, 0.5) is 22.0 Å². The van der Waals surface area contributed by atoms with Crippen molar-refractivity contribution in [2.24, 2.45) is 7.05 Å². The lowest BCUT2D eigenvalue weighted by atomic mass is 10.2. The van der Waals surface area contributed by atoms with E-state index in [0.717, 1.165) is 0 Å². The Morgan fingerprint density at radius 3 is 2.08 bits per heavy atom. The molecule has 5 nitrogen and oxygen atoms in total. The number of hydrogen-bond acceptors (Lipinski definition) is 5. The Morgan fingerprint density at radius 1 is 1.00 bits per heavy atom. The zero-order valence-electron chi connectivity index (χ0n) is 12.2. The van der Waals surface area contributed by atoms with Gasteiger partial charge >= 0.3 is 6.18 Å². The topological polar surface area (TPSA) is 56.5 Å². The van der Waals surface area contributed by atoms with Crippen molar-refractivity contribution in [3.05, 3.63) is 35.3 Å². The van der Waals surface area contributed by atoms with Crippen molar-refractivity contribution in [2.75, 3.05) is 0 Å². The van der Waals surface area contributed by atoms with Crippen LogP contribution >= 0.6 is 11.8 Å². The minimum Gasteiger partial charge on any atom is -0.309 e. The van der Waals surface area contributed by atoms with Crippen LogP contribution in [0.25, 0.3) is 11.0 Å². The fourth-order valence-corrected chi connectivity index (χ4v) is 2.78. The summed E-state index contributed by atoms with van der Waals surface area (Å²) in [6.45, 7) is 1.63. The average molecular weight is 361 g/mol. The third-order valence-electron chi connectivity index (χ3n) is 3.18. The zero-order chi connectivity index (χ0) is 17.6. The summed E-state index contributed by atoms with van der Waals surface area (Å²) >= 11 is 0.593. The lowest BCUT2D eigenvalue weighted by molar-refractivity contribution is -0.143. The van der Waals surface area contributed by atoms with Crippen molar-refractivity contribution in [3.63, 3.8) is 0 Å². The molecule has 0 amide bonds. The molecular weight excluding hydrogens is 353 g/mol. The molecule has 0 atom stereocenters. The average Bonchev–Trinajstić information content (AvgIpc) is 2.79. The van der Waals surface area contributed by atoms with Gasteiger partial charge in [0.1, 0.15) is 10.9 Å². The SMILES string of the molecule is Cc1nnc(Sc2nc3cc(F)c(F)cc3nc2C(F)(F)F)n1C. The summed E-state index contributed by atoms with van der Waals surface area (Å²) in [4.78, 5) is 7.19. The molecule has 0 aliphatic carbocycles. The number of halogens is 5. The first-order valence-electron chi connectivity index (χ1n) is 6.44. The zero-order valence-corrected chi connectivity index (χ0v) is 13.0. The summed E-state index contributed by atoms with van der Waals surface area (Å²) < 4.78 is 67.7. The van der Waals surface area contributed by atoms with E-state index in [-0.39, 0.29) is 16.2 Å². The summed E-state index contributed by atoms with van der Waals surface area (Å²) in [6, 6.07) is 1.28. The first-order chi connectivity index (χ1) is 11.2. The molecule has 2 heterocycles. The van der Waals surface area contributed by atoms with E-state index in [4.69, 9.17) is 0 Å². The van der Waals surface area contributed by atoms with E-state index >= 15 is 0 Å². The van der Waals surface area contributed by atoms with Crippen molar-refractivity contribution in [1.82, 2.24) is 24.7 Å². The summed E-state index contributed by atoms with van der Waals surface area (Å²) in [5.41, 5.74) is -1.88. The molecule has 0 unspecified atom stereocenters. The molecule has 2 aromatic heterocycles. The van der Waals surface area contributed by atoms with Gasteiger partial charge in [-0.2, -0.15) is 13.2 Å². The van der Waals surface area contributed by atoms with Gasteiger partial charge in [-0.15, -0.1) is 10.2 Å². The quantitative estimate of drug-likeness (QED) is 0.654. The van der Waals surface area contributed by atoms with Crippen molar-refractivity contribution in [2.45, 2.75) is 23.3 Å². The Bertz CT molecular complexity index is 937. The number of alkyl halides is 3. The normalized spacial score (nSPS) is 12.1. The highest BCUT2D eigenvalue weighted by Gasteiger charge is 2.37. The predicted molar refractivity (Wildman–Crippen MR) is 74.3 cm³/mol. The number of aromatic nitrogens is 5. The number of fused-ring (bicyclic) bond motifs is 1. The molecule has 126 valence electrons. The van der Waals surface area contributed by atoms with E-state index in [2.05, 4.69) is 20.2 Å². The van der Waals surface area contributed by atoms with Crippen molar-refractivity contribution in [1.29, 1.82) is 0 Å². The van der Waals surface area contributed by atoms with E-state index in [0.29, 0.717) is 29.7 Å². The monoisotopic (exact) mass is 361 g/mol. The van der Waals surface area contributed by atoms with Gasteiger partial charge in [0.2, 0.25) is 0 Å². The molecule has 3 rings (SSSR count). The highest BCUT2D eigenvalue weighted by molar-refractivity contribution is 7.99. The van der Waals surface area contributed by atoms with Crippen molar-refractivity contribution < 1.29 is 22.0 Å². The van der Waals surface area contributed by atoms with Gasteiger partial charge < -0.3 is 4.57 Å². The summed E-state index contributed by atoms with van der Waals surface area (Å²) in [5.74, 6) is -2.02. The molecule has 1 aromatic carbocycles. The second-order valence-corrected chi connectivity index (χ2v) is 5.78. The minimum absolute atomic E-state index is 0.161.